The average Bonchev–Trinajstić information content (AvgIpc) is 2.79. The summed E-state index contributed by atoms with van der Waals surface area (Å²) in [5.41, 5.74) is 1.41. The molecule has 146 valence electrons. The smallest absolute Gasteiger partial charge is 0.253 e. The molecule has 2 fully saturated rings. The number of hydrogen-bond donors (Lipinski definition) is 0. The number of amides is 2. The predicted octanol–water partition coefficient (Wildman–Crippen LogP) is 1.85. The number of ether oxygens (including phenoxy) is 1. The Kier molecular flexibility index (Phi) is 5.62. The number of nitrogens with zero attached hydrogens (tertiary/aromatic N) is 4. The van der Waals surface area contributed by atoms with Gasteiger partial charge in [-0.3, -0.25) is 9.59 Å². The van der Waals surface area contributed by atoms with Crippen LogP contribution in [0.4, 0.5) is 0 Å². The van der Waals surface area contributed by atoms with Gasteiger partial charge in [-0.2, -0.15) is 0 Å². The molecule has 7 nitrogen and oxygen atoms in total. The molecule has 0 N–H and O–H groups in total. The van der Waals surface area contributed by atoms with Gasteiger partial charge in [-0.05, 0) is 31.0 Å². The molecule has 1 aromatic carbocycles. The predicted molar refractivity (Wildman–Crippen MR) is 103 cm³/mol. The highest BCUT2D eigenvalue weighted by molar-refractivity contribution is 5.95. The molecule has 0 aliphatic carbocycles. The first-order chi connectivity index (χ1) is 13.7. The molecule has 1 aromatic heterocycles. The summed E-state index contributed by atoms with van der Waals surface area (Å²) in [4.78, 5) is 38.1. The fourth-order valence-electron chi connectivity index (χ4n) is 3.83. The van der Waals surface area contributed by atoms with E-state index in [2.05, 4.69) is 9.97 Å². The number of morpholine rings is 1. The minimum absolute atomic E-state index is 0.0442. The van der Waals surface area contributed by atoms with Gasteiger partial charge in [0.05, 0.1) is 19.1 Å². The third kappa shape index (κ3) is 4.04. The van der Waals surface area contributed by atoms with E-state index in [9.17, 15) is 9.59 Å². The van der Waals surface area contributed by atoms with Gasteiger partial charge in [0, 0.05) is 49.7 Å². The number of rotatable bonds is 3. The molecule has 2 aliphatic heterocycles. The fraction of sp³-hybridized carbons (Fsp3) is 0.429. The lowest BCUT2D eigenvalue weighted by Crippen LogP contribution is -2.49. The van der Waals surface area contributed by atoms with Crippen LogP contribution in [-0.4, -0.2) is 71.0 Å². The van der Waals surface area contributed by atoms with E-state index in [0.717, 1.165) is 18.4 Å². The Morgan fingerprint density at radius 1 is 1.00 bits per heavy atom. The number of hydrogen-bond acceptors (Lipinski definition) is 5. The van der Waals surface area contributed by atoms with Crippen LogP contribution >= 0.6 is 0 Å². The summed E-state index contributed by atoms with van der Waals surface area (Å²) in [6.07, 6.45) is 5.04. The monoisotopic (exact) mass is 380 g/mol. The number of piperidine rings is 1. The fourth-order valence-corrected chi connectivity index (χ4v) is 3.83. The van der Waals surface area contributed by atoms with Crippen LogP contribution < -0.4 is 0 Å². The lowest BCUT2D eigenvalue weighted by molar-refractivity contribution is -0.141. The molecule has 7 heteroatoms. The van der Waals surface area contributed by atoms with E-state index in [1.165, 1.54) is 0 Å². The molecule has 0 unspecified atom stereocenters. The van der Waals surface area contributed by atoms with Crippen LogP contribution in [0.15, 0.2) is 42.7 Å². The molecule has 3 heterocycles. The second kappa shape index (κ2) is 8.48. The molecule has 0 radical (unpaired) electrons. The van der Waals surface area contributed by atoms with Crippen LogP contribution in [0.2, 0.25) is 0 Å². The highest BCUT2D eigenvalue weighted by Gasteiger charge is 2.32. The van der Waals surface area contributed by atoms with Crippen LogP contribution in [0.5, 0.6) is 0 Å². The SMILES string of the molecule is O=C(c1cccc(-c2ncccn2)c1)N1CCC[C@@H](C(=O)N2CCOCC2)C1. The minimum Gasteiger partial charge on any atom is -0.378 e. The first-order valence-corrected chi connectivity index (χ1v) is 9.75. The Balaban J connectivity index is 1.46. The molecule has 2 amide bonds. The van der Waals surface area contributed by atoms with Gasteiger partial charge in [0.15, 0.2) is 5.82 Å². The van der Waals surface area contributed by atoms with Gasteiger partial charge >= 0.3 is 0 Å². The van der Waals surface area contributed by atoms with Gasteiger partial charge in [0.1, 0.15) is 0 Å². The summed E-state index contributed by atoms with van der Waals surface area (Å²) in [6, 6.07) is 9.14. The minimum atomic E-state index is -0.128. The third-order valence-corrected chi connectivity index (χ3v) is 5.31. The average molecular weight is 380 g/mol. The van der Waals surface area contributed by atoms with Crippen LogP contribution in [0.1, 0.15) is 23.2 Å². The van der Waals surface area contributed by atoms with Gasteiger partial charge in [-0.15, -0.1) is 0 Å². The van der Waals surface area contributed by atoms with Gasteiger partial charge in [-0.1, -0.05) is 12.1 Å². The van der Waals surface area contributed by atoms with Crippen molar-refractivity contribution in [3.8, 4) is 11.4 Å². The van der Waals surface area contributed by atoms with E-state index < -0.39 is 0 Å². The Bertz CT molecular complexity index is 837. The number of aromatic nitrogens is 2. The zero-order valence-electron chi connectivity index (χ0n) is 15.8. The molecule has 2 saturated heterocycles. The second-order valence-electron chi connectivity index (χ2n) is 7.18. The standard InChI is InChI=1S/C21H24N4O3/c26-20(17-5-1-4-16(14-17)19-22-7-3-8-23-19)25-9-2-6-18(15-25)21(27)24-10-12-28-13-11-24/h1,3-5,7-8,14,18H,2,6,9-13,15H2/t18-/m1/s1. The number of likely N-dealkylation sites (tertiary alicyclic amines) is 1. The molecular formula is C21H24N4O3. The first-order valence-electron chi connectivity index (χ1n) is 9.75. The molecule has 4 rings (SSSR count). The van der Waals surface area contributed by atoms with Crippen molar-refractivity contribution < 1.29 is 14.3 Å². The van der Waals surface area contributed by atoms with E-state index in [4.69, 9.17) is 4.74 Å². The van der Waals surface area contributed by atoms with Crippen LogP contribution in [0, 0.1) is 5.92 Å². The molecule has 0 saturated carbocycles. The summed E-state index contributed by atoms with van der Waals surface area (Å²) in [7, 11) is 0. The van der Waals surface area contributed by atoms with Crippen molar-refractivity contribution in [2.75, 3.05) is 39.4 Å². The summed E-state index contributed by atoms with van der Waals surface area (Å²) in [6.45, 7) is 3.62. The lowest BCUT2D eigenvalue weighted by Gasteiger charge is -2.36. The second-order valence-corrected chi connectivity index (χ2v) is 7.18. The Morgan fingerprint density at radius 3 is 2.57 bits per heavy atom. The molecule has 2 aliphatic rings. The molecular weight excluding hydrogens is 356 g/mol. The number of carbonyl (C=O) groups is 2. The Morgan fingerprint density at radius 2 is 1.79 bits per heavy atom. The zero-order valence-corrected chi connectivity index (χ0v) is 15.8. The maximum Gasteiger partial charge on any atom is 0.253 e. The molecule has 0 spiro atoms. The van der Waals surface area contributed by atoms with Gasteiger partial charge in [0.2, 0.25) is 5.91 Å². The van der Waals surface area contributed by atoms with Gasteiger partial charge in [-0.25, -0.2) is 9.97 Å². The zero-order chi connectivity index (χ0) is 19.3. The molecule has 0 bridgehead atoms. The normalized spacial score (nSPS) is 20.1. The van der Waals surface area contributed by atoms with Crippen molar-refractivity contribution >= 4 is 11.8 Å². The number of carbonyl (C=O) groups excluding carboxylic acids is 2. The van der Waals surface area contributed by atoms with Crippen LogP contribution in [-0.2, 0) is 9.53 Å². The summed E-state index contributed by atoms with van der Waals surface area (Å²) < 4.78 is 5.33. The largest absolute Gasteiger partial charge is 0.378 e. The van der Waals surface area contributed by atoms with E-state index in [-0.39, 0.29) is 17.7 Å². The van der Waals surface area contributed by atoms with E-state index in [1.54, 1.807) is 23.4 Å². The summed E-state index contributed by atoms with van der Waals surface area (Å²) >= 11 is 0. The highest BCUT2D eigenvalue weighted by Crippen LogP contribution is 2.23. The Hall–Kier alpha value is -2.80. The van der Waals surface area contributed by atoms with E-state index in [1.807, 2.05) is 29.2 Å². The maximum absolute atomic E-state index is 13.1. The number of benzene rings is 1. The summed E-state index contributed by atoms with van der Waals surface area (Å²) in [5, 5.41) is 0. The van der Waals surface area contributed by atoms with Gasteiger partial charge < -0.3 is 14.5 Å². The summed E-state index contributed by atoms with van der Waals surface area (Å²) in [5.74, 6) is 0.567. The lowest BCUT2D eigenvalue weighted by atomic mass is 9.95. The van der Waals surface area contributed by atoms with E-state index >= 15 is 0 Å². The van der Waals surface area contributed by atoms with Crippen molar-refractivity contribution in [3.63, 3.8) is 0 Å². The first kappa shape index (κ1) is 18.6. The maximum atomic E-state index is 13.1. The third-order valence-electron chi connectivity index (χ3n) is 5.31. The van der Waals surface area contributed by atoms with Crippen molar-refractivity contribution in [3.05, 3.63) is 48.3 Å². The molecule has 1 atom stereocenters. The van der Waals surface area contributed by atoms with Gasteiger partial charge in [0.25, 0.3) is 5.91 Å². The quantitative estimate of drug-likeness (QED) is 0.812. The Labute approximate surface area is 164 Å². The van der Waals surface area contributed by atoms with Crippen molar-refractivity contribution in [2.45, 2.75) is 12.8 Å². The van der Waals surface area contributed by atoms with E-state index in [0.29, 0.717) is 50.8 Å². The van der Waals surface area contributed by atoms with Crippen molar-refractivity contribution in [1.82, 2.24) is 19.8 Å². The van der Waals surface area contributed by atoms with Crippen LogP contribution in [0.3, 0.4) is 0 Å². The molecule has 2 aromatic rings. The molecule has 28 heavy (non-hydrogen) atoms. The topological polar surface area (TPSA) is 75.6 Å². The van der Waals surface area contributed by atoms with Crippen molar-refractivity contribution in [2.24, 2.45) is 5.92 Å². The van der Waals surface area contributed by atoms with Crippen LogP contribution in [0.25, 0.3) is 11.4 Å². The van der Waals surface area contributed by atoms with Crippen molar-refractivity contribution in [1.29, 1.82) is 0 Å². The highest BCUT2D eigenvalue weighted by atomic mass is 16.5.